The summed E-state index contributed by atoms with van der Waals surface area (Å²) in [7, 11) is 0. The quantitative estimate of drug-likeness (QED) is 0.802. The highest BCUT2D eigenvalue weighted by molar-refractivity contribution is 7.79. The first-order valence-electron chi connectivity index (χ1n) is 4.00. The molecule has 0 aliphatic carbocycles. The Kier molecular flexibility index (Phi) is 2.20. The summed E-state index contributed by atoms with van der Waals surface area (Å²) in [6, 6.07) is 3.45. The van der Waals surface area contributed by atoms with Gasteiger partial charge in [0.2, 0.25) is 17.0 Å². The van der Waals surface area contributed by atoms with Crippen molar-refractivity contribution in [3.8, 4) is 5.88 Å². The van der Waals surface area contributed by atoms with Crippen LogP contribution in [0.1, 0.15) is 5.82 Å². The number of imidazole rings is 1. The first-order valence-corrected chi connectivity index (χ1v) is 5.48. The Labute approximate surface area is 83.2 Å². The molecule has 0 aliphatic rings. The topological polar surface area (TPSA) is 67.9 Å². The van der Waals surface area contributed by atoms with E-state index in [1.54, 1.807) is 12.1 Å². The maximum atomic E-state index is 10.8. The average molecular weight is 211 g/mol. The van der Waals surface area contributed by atoms with Gasteiger partial charge in [-0.1, -0.05) is 0 Å². The van der Waals surface area contributed by atoms with Crippen LogP contribution in [0.15, 0.2) is 12.1 Å². The summed E-state index contributed by atoms with van der Waals surface area (Å²) in [4.78, 5) is 11.2. The molecule has 0 spiro atoms. The van der Waals surface area contributed by atoms with Gasteiger partial charge in [-0.05, 0) is 13.0 Å². The lowest BCUT2D eigenvalue weighted by Crippen LogP contribution is -1.98. The highest BCUT2D eigenvalue weighted by Crippen LogP contribution is 2.14. The van der Waals surface area contributed by atoms with Crippen LogP contribution in [-0.4, -0.2) is 25.4 Å². The molecule has 0 saturated heterocycles. The van der Waals surface area contributed by atoms with Crippen molar-refractivity contribution in [2.24, 2.45) is 0 Å². The molecule has 1 unspecified atom stereocenters. The van der Waals surface area contributed by atoms with Gasteiger partial charge in [-0.25, -0.2) is 9.19 Å². The van der Waals surface area contributed by atoms with Gasteiger partial charge in [0, 0.05) is 12.3 Å². The molecule has 0 amide bonds. The second-order valence-electron chi connectivity index (χ2n) is 2.83. The molecule has 0 radical (unpaired) electrons. The monoisotopic (exact) mass is 211 g/mol. The maximum absolute atomic E-state index is 10.8. The third-order valence-electron chi connectivity index (χ3n) is 1.64. The number of aromatic nitrogens is 3. The summed E-state index contributed by atoms with van der Waals surface area (Å²) in [5.41, 5.74) is 1.42. The summed E-state index contributed by atoms with van der Waals surface area (Å²) < 4.78 is 15.7. The molecule has 0 fully saturated rings. The zero-order valence-electron chi connectivity index (χ0n) is 7.77. The lowest BCUT2D eigenvalue weighted by molar-refractivity contribution is 0.553. The Morgan fingerprint density at radius 1 is 1.43 bits per heavy atom. The van der Waals surface area contributed by atoms with E-state index in [0.717, 1.165) is 11.3 Å². The molecule has 2 aromatic heterocycles. The van der Waals surface area contributed by atoms with Crippen LogP contribution in [0.25, 0.3) is 11.2 Å². The second-order valence-corrected chi connectivity index (χ2v) is 3.80. The number of H-pyrrole nitrogens is 1. The van der Waals surface area contributed by atoms with Crippen molar-refractivity contribution in [2.45, 2.75) is 6.92 Å². The Morgan fingerprint density at radius 3 is 2.93 bits per heavy atom. The summed E-state index contributed by atoms with van der Waals surface area (Å²) >= 11 is -1.35. The molecule has 2 heterocycles. The zero-order valence-corrected chi connectivity index (χ0v) is 8.59. The van der Waals surface area contributed by atoms with Crippen molar-refractivity contribution in [1.82, 2.24) is 15.0 Å². The molecular formula is C8H9N3O2S. The third kappa shape index (κ3) is 1.74. The fraction of sp³-hybridized carbons (Fsp3) is 0.250. The zero-order chi connectivity index (χ0) is 10.1. The van der Waals surface area contributed by atoms with Crippen molar-refractivity contribution in [1.29, 1.82) is 0 Å². The molecule has 14 heavy (non-hydrogen) atoms. The van der Waals surface area contributed by atoms with Crippen LogP contribution in [0.2, 0.25) is 0 Å². The maximum Gasteiger partial charge on any atom is 0.232 e. The van der Waals surface area contributed by atoms with E-state index in [1.807, 2.05) is 6.92 Å². The van der Waals surface area contributed by atoms with Crippen LogP contribution in [0.5, 0.6) is 5.88 Å². The van der Waals surface area contributed by atoms with E-state index in [0.29, 0.717) is 11.5 Å². The smallest absolute Gasteiger partial charge is 0.232 e. The van der Waals surface area contributed by atoms with Crippen LogP contribution in [-0.2, 0) is 11.1 Å². The molecule has 0 bridgehead atoms. The Balaban J connectivity index is 2.45. The fourth-order valence-electron chi connectivity index (χ4n) is 1.16. The van der Waals surface area contributed by atoms with Crippen molar-refractivity contribution in [3.05, 3.63) is 18.0 Å². The summed E-state index contributed by atoms with van der Waals surface area (Å²) in [6.45, 7) is 1.85. The lowest BCUT2D eigenvalue weighted by Gasteiger charge is -1.97. The number of hydrogen-bond donors (Lipinski definition) is 1. The lowest BCUT2D eigenvalue weighted by atomic mass is 10.4. The van der Waals surface area contributed by atoms with Crippen molar-refractivity contribution < 1.29 is 8.39 Å². The molecule has 6 heteroatoms. The van der Waals surface area contributed by atoms with Crippen LogP contribution >= 0.6 is 0 Å². The van der Waals surface area contributed by atoms with E-state index in [-0.39, 0.29) is 0 Å². The normalized spacial score (nSPS) is 13.0. The van der Waals surface area contributed by atoms with Crippen LogP contribution < -0.4 is 4.18 Å². The molecule has 0 aromatic carbocycles. The van der Waals surface area contributed by atoms with Gasteiger partial charge >= 0.3 is 0 Å². The van der Waals surface area contributed by atoms with Gasteiger partial charge in [-0.2, -0.15) is 4.98 Å². The molecule has 2 rings (SSSR count). The van der Waals surface area contributed by atoms with E-state index < -0.39 is 11.1 Å². The minimum Gasteiger partial charge on any atom is -0.380 e. The molecule has 0 saturated carbocycles. The summed E-state index contributed by atoms with van der Waals surface area (Å²) in [5, 5.41) is 0. The van der Waals surface area contributed by atoms with Gasteiger partial charge in [0.1, 0.15) is 5.82 Å². The van der Waals surface area contributed by atoms with Crippen LogP contribution in [0.4, 0.5) is 0 Å². The van der Waals surface area contributed by atoms with Gasteiger partial charge in [0.15, 0.2) is 5.65 Å². The van der Waals surface area contributed by atoms with E-state index in [9.17, 15) is 4.21 Å². The van der Waals surface area contributed by atoms with Crippen molar-refractivity contribution in [2.75, 3.05) is 6.26 Å². The number of aryl methyl sites for hydroxylation is 1. The van der Waals surface area contributed by atoms with E-state index >= 15 is 0 Å². The van der Waals surface area contributed by atoms with Gasteiger partial charge in [-0.15, -0.1) is 0 Å². The minimum absolute atomic E-state index is 0.324. The number of aromatic amines is 1. The average Bonchev–Trinajstić information content (AvgIpc) is 2.42. The van der Waals surface area contributed by atoms with Gasteiger partial charge in [0.05, 0.1) is 5.52 Å². The number of nitrogens with zero attached hydrogens (tertiary/aromatic N) is 2. The molecule has 2 aromatic rings. The summed E-state index contributed by atoms with van der Waals surface area (Å²) in [5.74, 6) is 1.12. The van der Waals surface area contributed by atoms with Gasteiger partial charge in [-0.3, -0.25) is 0 Å². The number of pyridine rings is 1. The molecule has 1 atom stereocenters. The molecule has 74 valence electrons. The SMILES string of the molecule is Cc1nc2nc(OS(C)=O)ccc2[nH]1. The molecule has 5 nitrogen and oxygen atoms in total. The van der Waals surface area contributed by atoms with Crippen molar-refractivity contribution >= 4 is 22.2 Å². The predicted octanol–water partition coefficient (Wildman–Crippen LogP) is 0.939. The fourth-order valence-corrected chi connectivity index (χ4v) is 1.50. The van der Waals surface area contributed by atoms with E-state index in [1.165, 1.54) is 6.26 Å². The van der Waals surface area contributed by atoms with E-state index in [2.05, 4.69) is 15.0 Å². The van der Waals surface area contributed by atoms with E-state index in [4.69, 9.17) is 4.18 Å². The van der Waals surface area contributed by atoms with Crippen molar-refractivity contribution in [3.63, 3.8) is 0 Å². The van der Waals surface area contributed by atoms with Crippen LogP contribution in [0.3, 0.4) is 0 Å². The van der Waals surface area contributed by atoms with Gasteiger partial charge < -0.3 is 9.17 Å². The number of fused-ring (bicyclic) bond motifs is 1. The first kappa shape index (κ1) is 9.14. The molecular weight excluding hydrogens is 202 g/mol. The Bertz CT molecular complexity index is 494. The van der Waals surface area contributed by atoms with Crippen LogP contribution in [0, 0.1) is 6.92 Å². The Hall–Kier alpha value is -1.43. The summed E-state index contributed by atoms with van der Waals surface area (Å²) in [6.07, 6.45) is 1.45. The highest BCUT2D eigenvalue weighted by Gasteiger charge is 2.04. The minimum atomic E-state index is -1.35. The number of nitrogens with one attached hydrogen (secondary N) is 1. The third-order valence-corrected chi connectivity index (χ3v) is 2.05. The predicted molar refractivity (Wildman–Crippen MR) is 53.3 cm³/mol. The van der Waals surface area contributed by atoms with Gasteiger partial charge in [0.25, 0.3) is 0 Å². The molecule has 1 N–H and O–H groups in total. The standard InChI is InChI=1S/C8H9N3O2S/c1-5-9-6-3-4-7(13-14(2)12)11-8(6)10-5/h3-4H,1-2H3,(H,9,10,11). The largest absolute Gasteiger partial charge is 0.380 e. The molecule has 0 aliphatic heterocycles. The highest BCUT2D eigenvalue weighted by atomic mass is 32.2. The second kappa shape index (κ2) is 3.38. The number of hydrogen-bond acceptors (Lipinski definition) is 4. The number of rotatable bonds is 2. The Morgan fingerprint density at radius 2 is 2.21 bits per heavy atom. The first-order chi connectivity index (χ1) is 6.65.